The number of nitrogen functional groups attached to an aromatic ring is 1. The van der Waals surface area contributed by atoms with Crippen molar-refractivity contribution in [3.63, 3.8) is 0 Å². The molecule has 2 aromatic carbocycles. The highest BCUT2D eigenvalue weighted by atomic mass is 15.1. The summed E-state index contributed by atoms with van der Waals surface area (Å²) in [6, 6.07) is 17.3. The maximum Gasteiger partial charge on any atom is 0.152 e. The van der Waals surface area contributed by atoms with Crippen LogP contribution in [0.1, 0.15) is 101 Å². The molecule has 5 nitrogen and oxygen atoms in total. The molecule has 2 heterocycles. The first kappa shape index (κ1) is 28.1. The minimum absolute atomic E-state index is 0.517. The van der Waals surface area contributed by atoms with E-state index in [1.807, 2.05) is 12.1 Å². The lowest BCUT2D eigenvalue weighted by atomic mass is 10.1. The van der Waals surface area contributed by atoms with Gasteiger partial charge in [-0.05, 0) is 36.6 Å². The summed E-state index contributed by atoms with van der Waals surface area (Å²) in [5.74, 6) is 1.61. The van der Waals surface area contributed by atoms with E-state index in [-0.39, 0.29) is 0 Å². The van der Waals surface area contributed by atoms with E-state index >= 15 is 0 Å². The molecule has 38 heavy (non-hydrogen) atoms. The molecule has 0 atom stereocenters. The average molecular weight is 514 g/mol. The summed E-state index contributed by atoms with van der Waals surface area (Å²) in [5.41, 5.74) is 11.8. The molecule has 0 aliphatic rings. The SMILES string of the molecule is CCCCCCCCCCCNCc1ccc(Cn2c(CCCC)nc3c(N)nc4ccccc4c32)cc1. The molecule has 4 aromatic rings. The van der Waals surface area contributed by atoms with Crippen LogP contribution in [0.3, 0.4) is 0 Å². The van der Waals surface area contributed by atoms with Gasteiger partial charge in [0.2, 0.25) is 0 Å². The topological polar surface area (TPSA) is 68.8 Å². The van der Waals surface area contributed by atoms with Gasteiger partial charge >= 0.3 is 0 Å². The third-order valence-corrected chi connectivity index (χ3v) is 7.59. The first-order valence-corrected chi connectivity index (χ1v) is 15.0. The predicted molar refractivity (Wildman–Crippen MR) is 163 cm³/mol. The van der Waals surface area contributed by atoms with E-state index in [1.165, 1.54) is 68.9 Å². The van der Waals surface area contributed by atoms with Crippen LogP contribution < -0.4 is 11.1 Å². The quantitative estimate of drug-likeness (QED) is 0.140. The fraction of sp³-hybridized carbons (Fsp3) is 0.515. The minimum atomic E-state index is 0.517. The second kappa shape index (κ2) is 14.9. The lowest BCUT2D eigenvalue weighted by Gasteiger charge is -2.12. The first-order valence-electron chi connectivity index (χ1n) is 15.0. The molecule has 2 aromatic heterocycles. The van der Waals surface area contributed by atoms with E-state index in [9.17, 15) is 0 Å². The number of nitrogens with zero attached hydrogens (tertiary/aromatic N) is 3. The summed E-state index contributed by atoms with van der Waals surface area (Å²) in [6.07, 6.45) is 15.6. The number of rotatable bonds is 17. The van der Waals surface area contributed by atoms with Gasteiger partial charge in [0.15, 0.2) is 5.82 Å². The first-order chi connectivity index (χ1) is 18.7. The van der Waals surface area contributed by atoms with E-state index in [1.54, 1.807) is 0 Å². The maximum absolute atomic E-state index is 6.37. The van der Waals surface area contributed by atoms with Gasteiger partial charge in [-0.1, -0.05) is 114 Å². The van der Waals surface area contributed by atoms with E-state index in [0.717, 1.165) is 66.7 Å². The monoisotopic (exact) mass is 513 g/mol. The van der Waals surface area contributed by atoms with Crippen molar-refractivity contribution in [3.8, 4) is 0 Å². The molecule has 0 aliphatic heterocycles. The summed E-state index contributed by atoms with van der Waals surface area (Å²) in [5, 5.41) is 4.75. The zero-order valence-corrected chi connectivity index (χ0v) is 23.6. The lowest BCUT2D eigenvalue weighted by Crippen LogP contribution is -2.14. The number of aryl methyl sites for hydroxylation is 1. The predicted octanol–water partition coefficient (Wildman–Crippen LogP) is 8.18. The molecule has 0 aliphatic carbocycles. The van der Waals surface area contributed by atoms with Gasteiger partial charge in [0.1, 0.15) is 11.3 Å². The Morgan fingerprint density at radius 3 is 2.13 bits per heavy atom. The van der Waals surface area contributed by atoms with Crippen LogP contribution in [-0.2, 0) is 19.5 Å². The molecule has 4 rings (SSSR count). The van der Waals surface area contributed by atoms with Crippen LogP contribution in [0.5, 0.6) is 0 Å². The number of benzene rings is 2. The van der Waals surface area contributed by atoms with Crippen molar-refractivity contribution in [3.05, 3.63) is 65.5 Å². The van der Waals surface area contributed by atoms with Gasteiger partial charge in [-0.2, -0.15) is 0 Å². The number of aromatic nitrogens is 3. The van der Waals surface area contributed by atoms with Crippen LogP contribution in [0.25, 0.3) is 21.9 Å². The molecule has 0 amide bonds. The molecular formula is C33H47N5. The van der Waals surface area contributed by atoms with E-state index in [4.69, 9.17) is 10.7 Å². The zero-order valence-electron chi connectivity index (χ0n) is 23.6. The summed E-state index contributed by atoms with van der Waals surface area (Å²) in [7, 11) is 0. The Labute approximate surface area is 229 Å². The van der Waals surface area contributed by atoms with Crippen LogP contribution in [0.2, 0.25) is 0 Å². The van der Waals surface area contributed by atoms with Crippen LogP contribution in [0, 0.1) is 0 Å². The number of hydrogen-bond donors (Lipinski definition) is 2. The Morgan fingerprint density at radius 2 is 1.39 bits per heavy atom. The number of fused-ring (bicyclic) bond motifs is 3. The van der Waals surface area contributed by atoms with Gasteiger partial charge in [-0.15, -0.1) is 0 Å². The molecule has 0 bridgehead atoms. The number of unbranched alkanes of at least 4 members (excludes halogenated alkanes) is 9. The highest BCUT2D eigenvalue weighted by molar-refractivity contribution is 6.06. The number of pyridine rings is 1. The van der Waals surface area contributed by atoms with Gasteiger partial charge in [-0.25, -0.2) is 9.97 Å². The van der Waals surface area contributed by atoms with Crippen LogP contribution in [-0.4, -0.2) is 21.1 Å². The van der Waals surface area contributed by atoms with Crippen LogP contribution in [0.4, 0.5) is 5.82 Å². The van der Waals surface area contributed by atoms with Gasteiger partial charge in [0.25, 0.3) is 0 Å². The summed E-state index contributed by atoms with van der Waals surface area (Å²) in [4.78, 5) is 9.59. The Kier molecular flexibility index (Phi) is 11.0. The number of para-hydroxylation sites is 1. The molecule has 3 N–H and O–H groups in total. The van der Waals surface area contributed by atoms with E-state index in [0.29, 0.717) is 5.82 Å². The highest BCUT2D eigenvalue weighted by Crippen LogP contribution is 2.30. The molecule has 0 saturated carbocycles. The van der Waals surface area contributed by atoms with Gasteiger partial charge < -0.3 is 15.6 Å². The van der Waals surface area contributed by atoms with Crippen molar-refractivity contribution in [1.82, 2.24) is 19.9 Å². The fourth-order valence-electron chi connectivity index (χ4n) is 5.34. The number of hydrogen-bond acceptors (Lipinski definition) is 4. The Hall–Kier alpha value is -2.92. The number of anilines is 1. The van der Waals surface area contributed by atoms with Crippen molar-refractivity contribution in [2.45, 2.75) is 104 Å². The summed E-state index contributed by atoms with van der Waals surface area (Å²) < 4.78 is 2.36. The second-order valence-corrected chi connectivity index (χ2v) is 10.8. The van der Waals surface area contributed by atoms with Crippen molar-refractivity contribution in [1.29, 1.82) is 0 Å². The summed E-state index contributed by atoms with van der Waals surface area (Å²) >= 11 is 0. The smallest absolute Gasteiger partial charge is 0.152 e. The minimum Gasteiger partial charge on any atom is -0.382 e. The third kappa shape index (κ3) is 7.57. The fourth-order valence-corrected chi connectivity index (χ4v) is 5.34. The van der Waals surface area contributed by atoms with E-state index < -0.39 is 0 Å². The largest absolute Gasteiger partial charge is 0.382 e. The van der Waals surface area contributed by atoms with Crippen molar-refractivity contribution in [2.24, 2.45) is 0 Å². The van der Waals surface area contributed by atoms with Crippen molar-refractivity contribution >= 4 is 27.8 Å². The van der Waals surface area contributed by atoms with Crippen molar-refractivity contribution < 1.29 is 0 Å². The standard InChI is InChI=1S/C33H47N5/c1-3-5-7-8-9-10-11-12-15-23-35-24-26-19-21-27(22-20-26)25-38-30(18-6-4-2)37-31-32(38)28-16-13-14-17-29(28)36-33(31)34/h13-14,16-17,19-22,35H,3-12,15,18,23-25H2,1-2H3,(H2,34,36). The molecule has 0 unspecified atom stereocenters. The average Bonchev–Trinajstić information content (AvgIpc) is 3.30. The highest BCUT2D eigenvalue weighted by Gasteiger charge is 2.17. The number of imidazole rings is 1. The molecule has 0 spiro atoms. The van der Waals surface area contributed by atoms with Crippen LogP contribution >= 0.6 is 0 Å². The van der Waals surface area contributed by atoms with Gasteiger partial charge in [0.05, 0.1) is 11.0 Å². The van der Waals surface area contributed by atoms with Crippen LogP contribution in [0.15, 0.2) is 48.5 Å². The maximum atomic E-state index is 6.37. The van der Waals surface area contributed by atoms with Gasteiger partial charge in [-0.3, -0.25) is 0 Å². The molecule has 204 valence electrons. The molecule has 0 radical (unpaired) electrons. The normalized spacial score (nSPS) is 11.6. The second-order valence-electron chi connectivity index (χ2n) is 10.8. The van der Waals surface area contributed by atoms with Crippen molar-refractivity contribution in [2.75, 3.05) is 12.3 Å². The molecule has 0 fully saturated rings. The zero-order chi connectivity index (χ0) is 26.6. The number of nitrogens with one attached hydrogen (secondary N) is 1. The Bertz CT molecular complexity index is 1260. The third-order valence-electron chi connectivity index (χ3n) is 7.59. The Morgan fingerprint density at radius 1 is 0.737 bits per heavy atom. The molecular weight excluding hydrogens is 466 g/mol. The van der Waals surface area contributed by atoms with Gasteiger partial charge in [0, 0.05) is 24.9 Å². The Balaban J connectivity index is 1.33. The lowest BCUT2D eigenvalue weighted by molar-refractivity contribution is 0.549. The molecule has 0 saturated heterocycles. The molecule has 5 heteroatoms. The number of nitrogens with two attached hydrogens (primary N) is 1. The van der Waals surface area contributed by atoms with E-state index in [2.05, 4.69) is 65.1 Å². The summed E-state index contributed by atoms with van der Waals surface area (Å²) in [6.45, 7) is 7.32.